The van der Waals surface area contributed by atoms with Crippen molar-refractivity contribution in [1.82, 2.24) is 9.88 Å². The lowest BCUT2D eigenvalue weighted by atomic mass is 10.1. The first-order valence-corrected chi connectivity index (χ1v) is 7.71. The Kier molecular flexibility index (Phi) is 5.11. The number of piperazine rings is 1. The Bertz CT molecular complexity index is 684. The summed E-state index contributed by atoms with van der Waals surface area (Å²) < 4.78 is 43.5. The second-order valence-electron chi connectivity index (χ2n) is 6.66. The van der Waals surface area contributed by atoms with Crippen LogP contribution >= 0.6 is 0 Å². The second-order valence-corrected chi connectivity index (χ2v) is 6.66. The maximum atomic E-state index is 12.7. The van der Waals surface area contributed by atoms with Crippen molar-refractivity contribution in [3.8, 4) is 6.07 Å². The van der Waals surface area contributed by atoms with Gasteiger partial charge in [0.05, 0.1) is 11.1 Å². The molecule has 0 unspecified atom stereocenters. The minimum atomic E-state index is -4.55. The van der Waals surface area contributed by atoms with Gasteiger partial charge in [-0.05, 0) is 26.8 Å². The number of pyridine rings is 1. The number of nitriles is 1. The summed E-state index contributed by atoms with van der Waals surface area (Å²) in [6, 6.07) is 2.56. The van der Waals surface area contributed by atoms with Crippen LogP contribution in [0.3, 0.4) is 0 Å². The summed E-state index contributed by atoms with van der Waals surface area (Å²) in [5, 5.41) is 9.14. The van der Waals surface area contributed by atoms with Crippen molar-refractivity contribution in [3.05, 3.63) is 23.4 Å². The van der Waals surface area contributed by atoms with Gasteiger partial charge < -0.3 is 14.5 Å². The standard InChI is InChI=1S/C16H19F3N4O2/c1-15(2,3)25-14(24)23-6-4-22(5-7-23)13-11(9-20)8-12(10-21-13)16(17,18)19/h8,10H,4-7H2,1-3H3. The number of carbonyl (C=O) groups excluding carboxylic acids is 1. The molecule has 2 heterocycles. The van der Waals surface area contributed by atoms with E-state index in [4.69, 9.17) is 10.00 Å². The molecule has 1 aromatic heterocycles. The molecule has 0 radical (unpaired) electrons. The van der Waals surface area contributed by atoms with E-state index < -0.39 is 23.4 Å². The predicted molar refractivity (Wildman–Crippen MR) is 84.0 cm³/mol. The molecule has 0 aliphatic carbocycles. The second kappa shape index (κ2) is 6.78. The summed E-state index contributed by atoms with van der Waals surface area (Å²) in [7, 11) is 0. The van der Waals surface area contributed by atoms with Gasteiger partial charge in [-0.2, -0.15) is 18.4 Å². The largest absolute Gasteiger partial charge is 0.444 e. The summed E-state index contributed by atoms with van der Waals surface area (Å²) in [6.45, 7) is 6.69. The Morgan fingerprint density at radius 2 is 1.84 bits per heavy atom. The number of nitrogens with zero attached hydrogens (tertiary/aromatic N) is 4. The molecular formula is C16H19F3N4O2. The first-order chi connectivity index (χ1) is 11.5. The Balaban J connectivity index is 2.08. The molecule has 9 heteroatoms. The van der Waals surface area contributed by atoms with Crippen LogP contribution in [0.25, 0.3) is 0 Å². The Hall–Kier alpha value is -2.50. The molecule has 0 N–H and O–H groups in total. The summed E-state index contributed by atoms with van der Waals surface area (Å²) in [5.41, 5.74) is -1.70. The van der Waals surface area contributed by atoms with Crippen molar-refractivity contribution in [3.63, 3.8) is 0 Å². The molecule has 0 atom stereocenters. The summed E-state index contributed by atoms with van der Waals surface area (Å²) in [5.74, 6) is 0.194. The van der Waals surface area contributed by atoms with Crippen LogP contribution in [-0.2, 0) is 10.9 Å². The SMILES string of the molecule is CC(C)(C)OC(=O)N1CCN(c2ncc(C(F)(F)F)cc2C#N)CC1. The Labute approximate surface area is 143 Å². The molecule has 0 bridgehead atoms. The number of carbonyl (C=O) groups is 1. The number of anilines is 1. The lowest BCUT2D eigenvalue weighted by Crippen LogP contribution is -2.50. The van der Waals surface area contributed by atoms with Crippen LogP contribution in [0, 0.1) is 11.3 Å². The average molecular weight is 356 g/mol. The monoisotopic (exact) mass is 356 g/mol. The van der Waals surface area contributed by atoms with Gasteiger partial charge in [0.1, 0.15) is 17.5 Å². The minimum absolute atomic E-state index is 0.138. The zero-order valence-electron chi connectivity index (χ0n) is 14.2. The van der Waals surface area contributed by atoms with Gasteiger partial charge in [0.25, 0.3) is 0 Å². The number of halogens is 3. The van der Waals surface area contributed by atoms with Gasteiger partial charge >= 0.3 is 12.3 Å². The number of hydrogen-bond donors (Lipinski definition) is 0. The Morgan fingerprint density at radius 1 is 1.24 bits per heavy atom. The fraction of sp³-hybridized carbons (Fsp3) is 0.562. The smallest absolute Gasteiger partial charge is 0.417 e. The first-order valence-electron chi connectivity index (χ1n) is 7.71. The van der Waals surface area contributed by atoms with E-state index in [1.807, 2.05) is 0 Å². The molecular weight excluding hydrogens is 337 g/mol. The van der Waals surface area contributed by atoms with Gasteiger partial charge in [0, 0.05) is 32.4 Å². The van der Waals surface area contributed by atoms with Crippen LogP contribution in [-0.4, -0.2) is 47.8 Å². The van der Waals surface area contributed by atoms with Crippen molar-refractivity contribution in [2.24, 2.45) is 0 Å². The highest BCUT2D eigenvalue weighted by Crippen LogP contribution is 2.31. The van der Waals surface area contributed by atoms with Gasteiger partial charge in [0.15, 0.2) is 0 Å². The summed E-state index contributed by atoms with van der Waals surface area (Å²) in [6.07, 6.45) is -4.27. The molecule has 6 nitrogen and oxygen atoms in total. The van der Waals surface area contributed by atoms with Crippen molar-refractivity contribution in [2.45, 2.75) is 32.5 Å². The van der Waals surface area contributed by atoms with Crippen LogP contribution in [0.4, 0.5) is 23.8 Å². The van der Waals surface area contributed by atoms with E-state index in [0.29, 0.717) is 26.2 Å². The molecule has 1 saturated heterocycles. The number of ether oxygens (including phenoxy) is 1. The van der Waals surface area contributed by atoms with Gasteiger partial charge in [-0.15, -0.1) is 0 Å². The molecule has 1 aliphatic rings. The van der Waals surface area contributed by atoms with E-state index in [-0.39, 0.29) is 11.4 Å². The van der Waals surface area contributed by atoms with Crippen molar-refractivity contribution >= 4 is 11.9 Å². The highest BCUT2D eigenvalue weighted by atomic mass is 19.4. The molecule has 136 valence electrons. The van der Waals surface area contributed by atoms with Gasteiger partial charge in [-0.1, -0.05) is 0 Å². The van der Waals surface area contributed by atoms with E-state index in [2.05, 4.69) is 4.98 Å². The number of hydrogen-bond acceptors (Lipinski definition) is 5. The van der Waals surface area contributed by atoms with E-state index in [9.17, 15) is 18.0 Å². The van der Waals surface area contributed by atoms with Crippen molar-refractivity contribution < 1.29 is 22.7 Å². The quantitative estimate of drug-likeness (QED) is 0.774. The lowest BCUT2D eigenvalue weighted by molar-refractivity contribution is -0.137. The topological polar surface area (TPSA) is 69.5 Å². The molecule has 2 rings (SSSR count). The Morgan fingerprint density at radius 3 is 2.32 bits per heavy atom. The molecule has 1 amide bonds. The number of aromatic nitrogens is 1. The third kappa shape index (κ3) is 4.75. The van der Waals surface area contributed by atoms with Crippen molar-refractivity contribution in [1.29, 1.82) is 5.26 Å². The maximum absolute atomic E-state index is 12.7. The van der Waals surface area contributed by atoms with E-state index >= 15 is 0 Å². The molecule has 1 aliphatic heterocycles. The third-order valence-corrected chi connectivity index (χ3v) is 3.55. The number of rotatable bonds is 1. The van der Waals surface area contributed by atoms with Gasteiger partial charge in [0.2, 0.25) is 0 Å². The maximum Gasteiger partial charge on any atom is 0.417 e. The van der Waals surface area contributed by atoms with Crippen molar-refractivity contribution in [2.75, 3.05) is 31.1 Å². The molecule has 0 saturated carbocycles. The number of amides is 1. The normalized spacial score (nSPS) is 15.7. The van der Waals surface area contributed by atoms with E-state index in [0.717, 1.165) is 12.3 Å². The zero-order chi connectivity index (χ0) is 18.8. The summed E-state index contributed by atoms with van der Waals surface area (Å²) in [4.78, 5) is 19.1. The van der Waals surface area contributed by atoms with Crippen LogP contribution in [0.2, 0.25) is 0 Å². The van der Waals surface area contributed by atoms with Crippen LogP contribution in [0.1, 0.15) is 31.9 Å². The van der Waals surface area contributed by atoms with Crippen LogP contribution in [0.15, 0.2) is 12.3 Å². The molecule has 0 spiro atoms. The highest BCUT2D eigenvalue weighted by molar-refractivity contribution is 5.68. The van der Waals surface area contributed by atoms with Gasteiger partial charge in [-0.3, -0.25) is 0 Å². The van der Waals surface area contributed by atoms with E-state index in [1.54, 1.807) is 31.7 Å². The molecule has 25 heavy (non-hydrogen) atoms. The zero-order valence-corrected chi connectivity index (χ0v) is 14.2. The molecule has 1 aromatic rings. The molecule has 1 fully saturated rings. The summed E-state index contributed by atoms with van der Waals surface area (Å²) >= 11 is 0. The minimum Gasteiger partial charge on any atom is -0.444 e. The predicted octanol–water partition coefficient (Wildman–Crippen LogP) is 3.03. The van der Waals surface area contributed by atoms with Crippen LogP contribution < -0.4 is 4.90 Å². The van der Waals surface area contributed by atoms with Crippen LogP contribution in [0.5, 0.6) is 0 Å². The third-order valence-electron chi connectivity index (χ3n) is 3.55. The highest BCUT2D eigenvalue weighted by Gasteiger charge is 2.33. The first kappa shape index (κ1) is 18.8. The number of alkyl halides is 3. The lowest BCUT2D eigenvalue weighted by Gasteiger charge is -2.36. The average Bonchev–Trinajstić information content (AvgIpc) is 2.52. The van der Waals surface area contributed by atoms with E-state index in [1.165, 1.54) is 4.90 Å². The fourth-order valence-corrected chi connectivity index (χ4v) is 2.37. The van der Waals surface area contributed by atoms with Gasteiger partial charge in [-0.25, -0.2) is 9.78 Å². The molecule has 0 aromatic carbocycles. The fourth-order valence-electron chi connectivity index (χ4n) is 2.37.